The first-order valence-corrected chi connectivity index (χ1v) is 4.47. The Hall–Kier alpha value is -0.0400. The zero-order valence-electron chi connectivity index (χ0n) is 7.06. The van der Waals surface area contributed by atoms with Gasteiger partial charge in [0.1, 0.15) is 0 Å². The van der Waals surface area contributed by atoms with Gasteiger partial charge in [0, 0.05) is 5.54 Å². The molecule has 10 heavy (non-hydrogen) atoms. The van der Waals surface area contributed by atoms with Gasteiger partial charge in [-0.15, -0.1) is 0 Å². The van der Waals surface area contributed by atoms with Crippen molar-refractivity contribution in [1.82, 2.24) is 4.90 Å². The summed E-state index contributed by atoms with van der Waals surface area (Å²) < 4.78 is 0. The maximum atomic E-state index is 2.58. The van der Waals surface area contributed by atoms with Crippen molar-refractivity contribution in [2.75, 3.05) is 13.6 Å². The van der Waals surface area contributed by atoms with Gasteiger partial charge >= 0.3 is 0 Å². The van der Waals surface area contributed by atoms with E-state index in [1.54, 1.807) is 0 Å². The van der Waals surface area contributed by atoms with Crippen LogP contribution in [0, 0.1) is 5.92 Å². The fourth-order valence-electron chi connectivity index (χ4n) is 2.74. The second-order valence-corrected chi connectivity index (χ2v) is 4.07. The van der Waals surface area contributed by atoms with Crippen LogP contribution in [0.2, 0.25) is 0 Å². The average molecular weight is 139 g/mol. The van der Waals surface area contributed by atoms with E-state index >= 15 is 0 Å². The fourth-order valence-corrected chi connectivity index (χ4v) is 2.74. The van der Waals surface area contributed by atoms with Gasteiger partial charge in [-0.3, -0.25) is 0 Å². The summed E-state index contributed by atoms with van der Waals surface area (Å²) in [6, 6.07) is 0. The molecule has 0 bridgehead atoms. The van der Waals surface area contributed by atoms with Gasteiger partial charge in [0.25, 0.3) is 0 Å². The van der Waals surface area contributed by atoms with Crippen LogP contribution >= 0.6 is 0 Å². The van der Waals surface area contributed by atoms with Crippen molar-refractivity contribution >= 4 is 0 Å². The first-order valence-electron chi connectivity index (χ1n) is 4.47. The van der Waals surface area contributed by atoms with Gasteiger partial charge < -0.3 is 4.90 Å². The molecule has 58 valence electrons. The van der Waals surface area contributed by atoms with Gasteiger partial charge in [0.05, 0.1) is 0 Å². The lowest BCUT2D eigenvalue weighted by molar-refractivity contribution is 0.0141. The van der Waals surface area contributed by atoms with Crippen molar-refractivity contribution in [3.8, 4) is 0 Å². The van der Waals surface area contributed by atoms with Gasteiger partial charge in [-0.2, -0.15) is 0 Å². The smallest absolute Gasteiger partial charge is 0.0232 e. The maximum Gasteiger partial charge on any atom is 0.0232 e. The van der Waals surface area contributed by atoms with E-state index in [9.17, 15) is 0 Å². The Balaban J connectivity index is 2.13. The molecule has 1 unspecified atom stereocenters. The summed E-state index contributed by atoms with van der Waals surface area (Å²) in [6.07, 6.45) is 5.82. The Bertz CT molecular complexity index is 144. The minimum atomic E-state index is 0.667. The molecule has 2 rings (SSSR count). The lowest BCUT2D eigenvalue weighted by Crippen LogP contribution is -2.53. The minimum absolute atomic E-state index is 0.667. The highest BCUT2D eigenvalue weighted by molar-refractivity contribution is 5.04. The van der Waals surface area contributed by atoms with Crippen molar-refractivity contribution in [3.05, 3.63) is 0 Å². The monoisotopic (exact) mass is 139 g/mol. The van der Waals surface area contributed by atoms with Crippen LogP contribution < -0.4 is 0 Å². The van der Waals surface area contributed by atoms with Crippen molar-refractivity contribution in [2.24, 2.45) is 5.92 Å². The van der Waals surface area contributed by atoms with Crippen LogP contribution in [-0.2, 0) is 0 Å². The zero-order chi connectivity index (χ0) is 7.19. The molecule has 2 aliphatic rings. The molecule has 1 nitrogen and oxygen atoms in total. The molecule has 1 heteroatoms. The minimum Gasteiger partial charge on any atom is -0.300 e. The van der Waals surface area contributed by atoms with E-state index in [0.29, 0.717) is 5.54 Å². The Labute approximate surface area is 63.4 Å². The van der Waals surface area contributed by atoms with E-state index in [1.165, 1.54) is 32.2 Å². The predicted octanol–water partition coefficient (Wildman–Crippen LogP) is 1.88. The summed E-state index contributed by atoms with van der Waals surface area (Å²) >= 11 is 0. The summed E-state index contributed by atoms with van der Waals surface area (Å²) in [6.45, 7) is 3.75. The maximum absolute atomic E-state index is 2.58. The second kappa shape index (κ2) is 1.97. The van der Waals surface area contributed by atoms with E-state index in [4.69, 9.17) is 0 Å². The van der Waals surface area contributed by atoms with Crippen LogP contribution in [-0.4, -0.2) is 24.0 Å². The predicted molar refractivity (Wildman–Crippen MR) is 43.0 cm³/mol. The molecule has 0 radical (unpaired) electrons. The molecule has 1 aliphatic carbocycles. The molecule has 1 spiro atoms. The third-order valence-corrected chi connectivity index (χ3v) is 3.79. The van der Waals surface area contributed by atoms with Gasteiger partial charge in [0.2, 0.25) is 0 Å². The molecule has 2 fully saturated rings. The standard InChI is InChI=1S/C9H17N/c1-8-4-6-9(8)5-3-7-10(9)2/h8H,3-7H2,1-2H3/t8?,9-/m1/s1. The molecule has 1 saturated heterocycles. The molecular weight excluding hydrogens is 122 g/mol. The second-order valence-electron chi connectivity index (χ2n) is 4.07. The molecule has 0 aromatic heterocycles. The van der Waals surface area contributed by atoms with Crippen LogP contribution in [0.15, 0.2) is 0 Å². The van der Waals surface area contributed by atoms with Crippen molar-refractivity contribution in [3.63, 3.8) is 0 Å². The molecule has 1 aliphatic heterocycles. The fraction of sp³-hybridized carbons (Fsp3) is 1.00. The first kappa shape index (κ1) is 6.66. The van der Waals surface area contributed by atoms with Crippen molar-refractivity contribution in [1.29, 1.82) is 0 Å². The van der Waals surface area contributed by atoms with Crippen LogP contribution in [0.25, 0.3) is 0 Å². The SMILES string of the molecule is CC1CC[C@]12CCCN2C. The number of hydrogen-bond donors (Lipinski definition) is 0. The van der Waals surface area contributed by atoms with Crippen LogP contribution in [0.1, 0.15) is 32.6 Å². The van der Waals surface area contributed by atoms with E-state index in [-0.39, 0.29) is 0 Å². The van der Waals surface area contributed by atoms with Crippen molar-refractivity contribution in [2.45, 2.75) is 38.1 Å². The topological polar surface area (TPSA) is 3.24 Å². The molecule has 1 heterocycles. The molecule has 0 N–H and O–H groups in total. The van der Waals surface area contributed by atoms with E-state index in [1.807, 2.05) is 0 Å². The average Bonchev–Trinajstić information content (AvgIpc) is 2.30. The molecular formula is C9H17N. The molecule has 1 saturated carbocycles. The highest BCUT2D eigenvalue weighted by Crippen LogP contribution is 2.48. The Morgan fingerprint density at radius 1 is 1.40 bits per heavy atom. The summed E-state index contributed by atoms with van der Waals surface area (Å²) in [4.78, 5) is 2.58. The van der Waals surface area contributed by atoms with Gasteiger partial charge in [-0.05, 0) is 45.2 Å². The Kier molecular flexibility index (Phi) is 1.31. The van der Waals surface area contributed by atoms with E-state index in [2.05, 4.69) is 18.9 Å². The zero-order valence-corrected chi connectivity index (χ0v) is 7.06. The largest absolute Gasteiger partial charge is 0.300 e. The number of nitrogens with zero attached hydrogens (tertiary/aromatic N) is 1. The van der Waals surface area contributed by atoms with E-state index in [0.717, 1.165) is 5.92 Å². The number of rotatable bonds is 0. The quantitative estimate of drug-likeness (QED) is 0.495. The van der Waals surface area contributed by atoms with Gasteiger partial charge in [-0.1, -0.05) is 6.92 Å². The normalized spacial score (nSPS) is 48.0. The number of hydrogen-bond acceptors (Lipinski definition) is 1. The first-order chi connectivity index (χ1) is 4.76. The molecule has 0 aromatic rings. The summed E-state index contributed by atoms with van der Waals surface area (Å²) in [5.74, 6) is 0.972. The number of likely N-dealkylation sites (tertiary alicyclic amines) is 1. The summed E-state index contributed by atoms with van der Waals surface area (Å²) in [7, 11) is 2.29. The van der Waals surface area contributed by atoms with Gasteiger partial charge in [0.15, 0.2) is 0 Å². The third-order valence-electron chi connectivity index (χ3n) is 3.79. The Morgan fingerprint density at radius 2 is 2.20 bits per heavy atom. The highest BCUT2D eigenvalue weighted by Gasteiger charge is 2.48. The molecule has 2 atom stereocenters. The molecule has 0 amide bonds. The Morgan fingerprint density at radius 3 is 2.40 bits per heavy atom. The van der Waals surface area contributed by atoms with Crippen molar-refractivity contribution < 1.29 is 0 Å². The lowest BCUT2D eigenvalue weighted by Gasteiger charge is -2.50. The van der Waals surface area contributed by atoms with E-state index < -0.39 is 0 Å². The van der Waals surface area contributed by atoms with Crippen LogP contribution in [0.5, 0.6) is 0 Å². The van der Waals surface area contributed by atoms with Crippen LogP contribution in [0.4, 0.5) is 0 Å². The van der Waals surface area contributed by atoms with Gasteiger partial charge in [-0.25, -0.2) is 0 Å². The summed E-state index contributed by atoms with van der Waals surface area (Å²) in [5, 5.41) is 0. The third kappa shape index (κ3) is 0.619. The summed E-state index contributed by atoms with van der Waals surface area (Å²) in [5.41, 5.74) is 0.667. The molecule has 0 aromatic carbocycles. The highest BCUT2D eigenvalue weighted by atomic mass is 15.2. The van der Waals surface area contributed by atoms with Crippen LogP contribution in [0.3, 0.4) is 0 Å². The lowest BCUT2D eigenvalue weighted by atomic mass is 9.66.